The summed E-state index contributed by atoms with van der Waals surface area (Å²) in [6.45, 7) is 16.7. The molecular formula is C35H56O8. The van der Waals surface area contributed by atoms with Gasteiger partial charge in [0.25, 0.3) is 0 Å². The summed E-state index contributed by atoms with van der Waals surface area (Å²) in [5.74, 6) is -2.96. The fraction of sp³-hybridized carbons (Fsp3) is 0.657. The molecule has 0 radical (unpaired) electrons. The van der Waals surface area contributed by atoms with E-state index in [2.05, 4.69) is 0 Å². The van der Waals surface area contributed by atoms with Gasteiger partial charge >= 0.3 is 5.97 Å². The molecule has 1 rings (SSSR count). The number of aliphatic hydroxyl groups excluding tert-OH is 3. The maximum absolute atomic E-state index is 13.4. The number of ketones is 1. The highest BCUT2D eigenvalue weighted by Gasteiger charge is 2.38. The number of allylic oxidation sites excluding steroid dienone is 6. The van der Waals surface area contributed by atoms with Crippen LogP contribution in [0.3, 0.4) is 0 Å². The van der Waals surface area contributed by atoms with Crippen molar-refractivity contribution in [1.29, 1.82) is 0 Å². The van der Waals surface area contributed by atoms with Crippen molar-refractivity contribution in [3.8, 4) is 0 Å². The van der Waals surface area contributed by atoms with E-state index in [-0.39, 0.29) is 35.2 Å². The smallest absolute Gasteiger partial charge is 0.373 e. The molecule has 1 aliphatic heterocycles. The van der Waals surface area contributed by atoms with Crippen molar-refractivity contribution in [2.75, 3.05) is 14.2 Å². The summed E-state index contributed by atoms with van der Waals surface area (Å²) in [7, 11) is 2.86. The normalized spacial score (nSPS) is 32.7. The van der Waals surface area contributed by atoms with E-state index in [1.54, 1.807) is 32.1 Å². The molecule has 10 atom stereocenters. The molecular weight excluding hydrogens is 548 g/mol. The first-order valence-electron chi connectivity index (χ1n) is 15.3. The summed E-state index contributed by atoms with van der Waals surface area (Å²) in [5.41, 5.74) is 1.78. The number of ether oxygens (including phenoxy) is 3. The number of carbonyl (C=O) groups is 2. The average molecular weight is 605 g/mol. The minimum atomic E-state index is -1.17. The number of esters is 1. The Morgan fingerprint density at radius 2 is 1.70 bits per heavy atom. The van der Waals surface area contributed by atoms with Crippen LogP contribution < -0.4 is 0 Å². The SMILES string of the molecule is CO/C1=C/C(C)=C/[C@@H](C)[C@H](O)[C@@H](C)C/C(C)=C/C=C/[C@H](OC)[C@@H]([C@@H](C)[C@@H](O)[C@H](C)C(=O)/C=C/[C@H](C)[C@H](O)C(C)C)OC1=O. The monoisotopic (exact) mass is 604 g/mol. The van der Waals surface area contributed by atoms with Gasteiger partial charge in [0.05, 0.1) is 25.4 Å². The molecule has 0 fully saturated rings. The largest absolute Gasteiger partial charge is 0.490 e. The topological polar surface area (TPSA) is 123 Å². The van der Waals surface area contributed by atoms with Crippen LogP contribution in [0.4, 0.5) is 0 Å². The Labute approximate surface area is 259 Å². The minimum Gasteiger partial charge on any atom is -0.490 e. The van der Waals surface area contributed by atoms with Crippen LogP contribution in [0.25, 0.3) is 0 Å². The highest BCUT2D eigenvalue weighted by atomic mass is 16.6. The molecule has 0 aromatic carbocycles. The van der Waals surface area contributed by atoms with Gasteiger partial charge in [-0.25, -0.2) is 4.79 Å². The van der Waals surface area contributed by atoms with Crippen molar-refractivity contribution >= 4 is 11.8 Å². The van der Waals surface area contributed by atoms with Gasteiger partial charge in [0, 0.05) is 30.8 Å². The highest BCUT2D eigenvalue weighted by Crippen LogP contribution is 2.27. The quantitative estimate of drug-likeness (QED) is 0.226. The van der Waals surface area contributed by atoms with Crippen LogP contribution in [-0.4, -0.2) is 71.8 Å². The van der Waals surface area contributed by atoms with E-state index in [1.165, 1.54) is 20.3 Å². The zero-order valence-electron chi connectivity index (χ0n) is 28.0. The summed E-state index contributed by atoms with van der Waals surface area (Å²) >= 11 is 0. The van der Waals surface area contributed by atoms with Crippen molar-refractivity contribution in [2.24, 2.45) is 35.5 Å². The molecule has 0 aromatic heterocycles. The number of methoxy groups -OCH3 is 2. The zero-order chi connectivity index (χ0) is 33.0. The Kier molecular flexibility index (Phi) is 16.4. The van der Waals surface area contributed by atoms with Crippen molar-refractivity contribution in [3.63, 3.8) is 0 Å². The van der Waals surface area contributed by atoms with Crippen molar-refractivity contribution in [2.45, 2.75) is 99.3 Å². The molecule has 8 nitrogen and oxygen atoms in total. The van der Waals surface area contributed by atoms with Crippen LogP contribution in [0.2, 0.25) is 0 Å². The molecule has 3 N–H and O–H groups in total. The van der Waals surface area contributed by atoms with Crippen molar-refractivity contribution in [1.82, 2.24) is 0 Å². The van der Waals surface area contributed by atoms with Gasteiger partial charge in [-0.15, -0.1) is 0 Å². The molecule has 0 saturated heterocycles. The number of rotatable bonds is 10. The second-order valence-corrected chi connectivity index (χ2v) is 12.6. The number of hydrogen-bond acceptors (Lipinski definition) is 8. The van der Waals surface area contributed by atoms with Gasteiger partial charge in [0.1, 0.15) is 12.2 Å². The lowest BCUT2D eigenvalue weighted by molar-refractivity contribution is -0.162. The Morgan fingerprint density at radius 3 is 2.26 bits per heavy atom. The summed E-state index contributed by atoms with van der Waals surface area (Å²) in [4.78, 5) is 26.4. The van der Waals surface area contributed by atoms with E-state index < -0.39 is 48.3 Å². The van der Waals surface area contributed by atoms with E-state index in [4.69, 9.17) is 14.2 Å². The van der Waals surface area contributed by atoms with E-state index in [0.717, 1.165) is 11.1 Å². The summed E-state index contributed by atoms with van der Waals surface area (Å²) in [5, 5.41) is 32.5. The molecule has 0 aromatic rings. The molecule has 0 spiro atoms. The van der Waals surface area contributed by atoms with Gasteiger partial charge in [-0.2, -0.15) is 0 Å². The summed E-state index contributed by atoms with van der Waals surface area (Å²) in [6, 6.07) is 0. The van der Waals surface area contributed by atoms with Crippen LogP contribution in [-0.2, 0) is 23.8 Å². The van der Waals surface area contributed by atoms with Crippen LogP contribution in [0, 0.1) is 35.5 Å². The molecule has 0 aliphatic carbocycles. The predicted octanol–water partition coefficient (Wildman–Crippen LogP) is 5.34. The second kappa shape index (κ2) is 18.3. The third-order valence-electron chi connectivity index (χ3n) is 8.40. The summed E-state index contributed by atoms with van der Waals surface area (Å²) in [6.07, 6.45) is 8.65. The fourth-order valence-corrected chi connectivity index (χ4v) is 5.43. The van der Waals surface area contributed by atoms with E-state index in [1.807, 2.05) is 66.7 Å². The molecule has 0 amide bonds. The first-order valence-corrected chi connectivity index (χ1v) is 15.3. The van der Waals surface area contributed by atoms with Crippen LogP contribution in [0.15, 0.2) is 59.4 Å². The number of carbonyl (C=O) groups excluding carboxylic acids is 2. The molecule has 1 aliphatic rings. The van der Waals surface area contributed by atoms with Gasteiger partial charge in [-0.1, -0.05) is 90.0 Å². The van der Waals surface area contributed by atoms with Crippen LogP contribution in [0.1, 0.15) is 68.7 Å². The summed E-state index contributed by atoms with van der Waals surface area (Å²) < 4.78 is 17.0. The zero-order valence-corrected chi connectivity index (χ0v) is 28.0. The fourth-order valence-electron chi connectivity index (χ4n) is 5.43. The van der Waals surface area contributed by atoms with Gasteiger partial charge < -0.3 is 29.5 Å². The van der Waals surface area contributed by atoms with Gasteiger partial charge in [-0.05, 0) is 44.3 Å². The minimum absolute atomic E-state index is 0.00159. The van der Waals surface area contributed by atoms with Crippen LogP contribution >= 0.6 is 0 Å². The first-order chi connectivity index (χ1) is 20.0. The number of aliphatic hydroxyl groups is 3. The van der Waals surface area contributed by atoms with Gasteiger partial charge in [0.2, 0.25) is 5.76 Å². The molecule has 0 saturated carbocycles. The number of cyclic esters (lactones) is 1. The Morgan fingerprint density at radius 1 is 1.07 bits per heavy atom. The lowest BCUT2D eigenvalue weighted by atomic mass is 9.84. The maximum atomic E-state index is 13.4. The molecule has 0 bridgehead atoms. The maximum Gasteiger partial charge on any atom is 0.373 e. The molecule has 43 heavy (non-hydrogen) atoms. The molecule has 1 heterocycles. The lowest BCUT2D eigenvalue weighted by Gasteiger charge is -2.33. The third kappa shape index (κ3) is 11.8. The third-order valence-corrected chi connectivity index (χ3v) is 8.40. The average Bonchev–Trinajstić information content (AvgIpc) is 2.96. The van der Waals surface area contributed by atoms with E-state index in [9.17, 15) is 24.9 Å². The Balaban J connectivity index is 3.46. The standard InChI is InChI=1S/C35H56O8/c1-20(2)31(37)23(5)15-16-28(36)26(8)33(39)27(9)34-29(41-10)14-12-13-21(3)17-24(6)32(38)25(7)18-22(4)19-30(42-11)35(40)43-34/h12-16,18-20,23-27,29,31-34,37-39H,17H2,1-11H3/b14-12+,16-15+,21-13+,22-18+,30-19+/t23-,24-,25+,26+,27-,29-,31+,32+,33-,34+/m0/s1. The highest BCUT2D eigenvalue weighted by molar-refractivity contribution is 5.92. The molecule has 244 valence electrons. The van der Waals surface area contributed by atoms with E-state index in [0.29, 0.717) is 6.42 Å². The van der Waals surface area contributed by atoms with Gasteiger partial charge in [-0.3, -0.25) is 4.79 Å². The second-order valence-electron chi connectivity index (χ2n) is 12.6. The Hall–Kier alpha value is -2.52. The molecule has 8 heteroatoms. The van der Waals surface area contributed by atoms with Crippen molar-refractivity contribution < 1.29 is 39.1 Å². The lowest BCUT2D eigenvalue weighted by Crippen LogP contribution is -2.45. The van der Waals surface area contributed by atoms with Crippen molar-refractivity contribution in [3.05, 3.63) is 59.4 Å². The van der Waals surface area contributed by atoms with E-state index >= 15 is 0 Å². The van der Waals surface area contributed by atoms with Gasteiger partial charge in [0.15, 0.2) is 5.78 Å². The predicted molar refractivity (Wildman–Crippen MR) is 170 cm³/mol. The van der Waals surface area contributed by atoms with Crippen LogP contribution in [0.5, 0.6) is 0 Å². The Bertz CT molecular complexity index is 1050. The number of hydrogen-bond donors (Lipinski definition) is 3. The first kappa shape index (κ1) is 38.5. The molecule has 0 unspecified atom stereocenters.